The predicted octanol–water partition coefficient (Wildman–Crippen LogP) is 4.65. The summed E-state index contributed by atoms with van der Waals surface area (Å²) in [4.78, 5) is 35.5. The molecule has 1 saturated heterocycles. The average Bonchev–Trinajstić information content (AvgIpc) is 3.36. The maximum Gasteiger partial charge on any atom is 0.251 e. The van der Waals surface area contributed by atoms with Crippen LogP contribution >= 0.6 is 0 Å². The summed E-state index contributed by atoms with van der Waals surface area (Å²) in [6, 6.07) is 15.6. The Labute approximate surface area is 234 Å². The second-order valence-electron chi connectivity index (χ2n) is 11.2. The van der Waals surface area contributed by atoms with Gasteiger partial charge in [-0.1, -0.05) is 63.7 Å². The smallest absolute Gasteiger partial charge is 0.251 e. The number of benzene rings is 2. The fraction of sp³-hybridized carbons (Fsp3) is 0.323. The Hall–Kier alpha value is -4.53. The van der Waals surface area contributed by atoms with Crippen molar-refractivity contribution in [2.75, 3.05) is 18.8 Å². The van der Waals surface area contributed by atoms with E-state index in [-0.39, 0.29) is 23.3 Å². The topological polar surface area (TPSA) is 119 Å². The van der Waals surface area contributed by atoms with Crippen molar-refractivity contribution in [1.29, 1.82) is 0 Å². The maximum atomic E-state index is 12.7. The molecule has 40 heavy (non-hydrogen) atoms. The van der Waals surface area contributed by atoms with Crippen LogP contribution in [0.15, 0.2) is 67.5 Å². The first-order chi connectivity index (χ1) is 19.2. The lowest BCUT2D eigenvalue weighted by Gasteiger charge is -2.32. The molecule has 2 amide bonds. The maximum absolute atomic E-state index is 12.7. The van der Waals surface area contributed by atoms with Gasteiger partial charge in [0.25, 0.3) is 5.91 Å². The summed E-state index contributed by atoms with van der Waals surface area (Å²) >= 11 is 0. The highest BCUT2D eigenvalue weighted by Crippen LogP contribution is 2.34. The molecule has 0 bridgehead atoms. The minimum absolute atomic E-state index is 0.0323. The van der Waals surface area contributed by atoms with Gasteiger partial charge < -0.3 is 16.0 Å². The first-order valence-corrected chi connectivity index (χ1v) is 13.5. The van der Waals surface area contributed by atoms with Gasteiger partial charge in [0.05, 0.1) is 11.4 Å². The second kappa shape index (κ2) is 10.9. The van der Waals surface area contributed by atoms with Crippen molar-refractivity contribution < 1.29 is 9.59 Å². The predicted molar refractivity (Wildman–Crippen MR) is 157 cm³/mol. The number of nitrogens with zero attached hydrogens (tertiary/aromatic N) is 5. The zero-order valence-electron chi connectivity index (χ0n) is 23.2. The van der Waals surface area contributed by atoms with E-state index < -0.39 is 0 Å². The zero-order valence-corrected chi connectivity index (χ0v) is 23.2. The molecule has 4 aromatic rings. The molecule has 9 nitrogen and oxygen atoms in total. The molecule has 5 rings (SSSR count). The Bertz CT molecular complexity index is 1550. The minimum Gasteiger partial charge on any atom is -0.383 e. The minimum atomic E-state index is -0.115. The van der Waals surface area contributed by atoms with Crippen molar-refractivity contribution in [2.24, 2.45) is 0 Å². The van der Waals surface area contributed by atoms with Crippen molar-refractivity contribution in [3.8, 4) is 11.3 Å². The van der Waals surface area contributed by atoms with E-state index in [1.54, 1.807) is 4.90 Å². The Balaban J connectivity index is 1.34. The largest absolute Gasteiger partial charge is 0.383 e. The van der Waals surface area contributed by atoms with Gasteiger partial charge in [-0.25, -0.2) is 14.6 Å². The summed E-state index contributed by atoms with van der Waals surface area (Å²) < 4.78 is 1.88. The fourth-order valence-electron chi connectivity index (χ4n) is 5.12. The van der Waals surface area contributed by atoms with Crippen LogP contribution in [0.1, 0.15) is 61.1 Å². The number of fused-ring (bicyclic) bond motifs is 1. The Morgan fingerprint density at radius 3 is 2.50 bits per heavy atom. The summed E-state index contributed by atoms with van der Waals surface area (Å²) in [5.74, 6) is 0.158. The highest BCUT2D eigenvalue weighted by molar-refractivity contribution is 5.98. The standard InChI is InChI=1S/C31H35N7O2/c1-5-25(39)37-16-6-7-24(18-37)38-29-26(28(32)34-19-35-29)27(36-38)21-10-8-20(9-11-21)17-33-30(40)22-12-14-23(15-13-22)31(2,3)4/h5,8-15,19,24H,1,6-7,16-18H2,2-4H3,(H,33,40)(H2,32,34,35). The normalized spacial score (nSPS) is 15.7. The van der Waals surface area contributed by atoms with E-state index in [2.05, 4.69) is 42.6 Å². The molecular formula is C31H35N7O2. The van der Waals surface area contributed by atoms with Gasteiger partial charge in [0.15, 0.2) is 5.65 Å². The van der Waals surface area contributed by atoms with Crippen molar-refractivity contribution in [3.63, 3.8) is 0 Å². The lowest BCUT2D eigenvalue weighted by atomic mass is 9.87. The van der Waals surface area contributed by atoms with E-state index in [0.29, 0.717) is 47.7 Å². The van der Waals surface area contributed by atoms with Gasteiger partial charge in [0.1, 0.15) is 17.8 Å². The van der Waals surface area contributed by atoms with E-state index >= 15 is 0 Å². The second-order valence-corrected chi connectivity index (χ2v) is 11.2. The SMILES string of the molecule is C=CC(=O)N1CCCC(n2nc(-c3ccc(CNC(=O)c4ccc(C(C)(C)C)cc4)cc3)c3c(N)ncnc32)C1. The molecule has 1 unspecified atom stereocenters. The molecule has 1 atom stereocenters. The third-order valence-corrected chi connectivity index (χ3v) is 7.44. The van der Waals surface area contributed by atoms with Gasteiger partial charge in [0, 0.05) is 30.8 Å². The summed E-state index contributed by atoms with van der Waals surface area (Å²) in [6.07, 6.45) is 4.53. The van der Waals surface area contributed by atoms with E-state index in [9.17, 15) is 9.59 Å². The molecule has 1 fully saturated rings. The number of hydrogen-bond donors (Lipinski definition) is 2. The number of rotatable bonds is 6. The molecule has 0 radical (unpaired) electrons. The van der Waals surface area contributed by atoms with Gasteiger partial charge in [0.2, 0.25) is 5.91 Å². The first-order valence-electron chi connectivity index (χ1n) is 13.5. The van der Waals surface area contributed by atoms with Crippen molar-refractivity contribution >= 4 is 28.7 Å². The molecule has 0 spiro atoms. The Morgan fingerprint density at radius 2 is 1.82 bits per heavy atom. The third kappa shape index (κ3) is 5.45. The number of nitrogens with two attached hydrogens (primary N) is 1. The Kier molecular flexibility index (Phi) is 7.38. The number of piperidine rings is 1. The van der Waals surface area contributed by atoms with Gasteiger partial charge in [-0.3, -0.25) is 9.59 Å². The molecule has 1 aliphatic heterocycles. The molecule has 3 heterocycles. The zero-order chi connectivity index (χ0) is 28.4. The van der Waals surface area contributed by atoms with Crippen LogP contribution in [-0.2, 0) is 16.8 Å². The number of aromatic nitrogens is 4. The number of likely N-dealkylation sites (tertiary alicyclic amines) is 1. The van der Waals surface area contributed by atoms with E-state index in [4.69, 9.17) is 10.8 Å². The summed E-state index contributed by atoms with van der Waals surface area (Å²) in [5.41, 5.74) is 11.3. The molecule has 3 N–H and O–H groups in total. The number of anilines is 1. The van der Waals surface area contributed by atoms with Crippen LogP contribution in [0.2, 0.25) is 0 Å². The van der Waals surface area contributed by atoms with Crippen molar-refractivity contribution in [3.05, 3.63) is 84.2 Å². The van der Waals surface area contributed by atoms with Crippen LogP contribution in [0.4, 0.5) is 5.82 Å². The lowest BCUT2D eigenvalue weighted by Crippen LogP contribution is -2.40. The van der Waals surface area contributed by atoms with E-state index in [1.807, 2.05) is 53.2 Å². The number of carbonyl (C=O) groups is 2. The molecule has 2 aromatic carbocycles. The van der Waals surface area contributed by atoms with E-state index in [1.165, 1.54) is 18.0 Å². The highest BCUT2D eigenvalue weighted by Gasteiger charge is 2.28. The molecule has 0 saturated carbocycles. The van der Waals surface area contributed by atoms with Gasteiger partial charge in [-0.2, -0.15) is 5.10 Å². The molecule has 206 valence electrons. The van der Waals surface area contributed by atoms with E-state index in [0.717, 1.165) is 24.0 Å². The number of carbonyl (C=O) groups excluding carboxylic acids is 2. The highest BCUT2D eigenvalue weighted by atomic mass is 16.2. The van der Waals surface area contributed by atoms with Crippen LogP contribution < -0.4 is 11.1 Å². The van der Waals surface area contributed by atoms with Gasteiger partial charge in [-0.05, 0) is 47.6 Å². The van der Waals surface area contributed by atoms with Crippen LogP contribution in [-0.4, -0.2) is 49.6 Å². The lowest BCUT2D eigenvalue weighted by molar-refractivity contribution is -0.127. The fourth-order valence-corrected chi connectivity index (χ4v) is 5.12. The summed E-state index contributed by atoms with van der Waals surface area (Å²) in [7, 11) is 0. The summed E-state index contributed by atoms with van der Waals surface area (Å²) in [5, 5.41) is 8.62. The van der Waals surface area contributed by atoms with Gasteiger partial charge in [-0.15, -0.1) is 0 Å². The van der Waals surface area contributed by atoms with Gasteiger partial charge >= 0.3 is 0 Å². The number of hydrogen-bond acceptors (Lipinski definition) is 6. The number of nitrogens with one attached hydrogen (secondary N) is 1. The monoisotopic (exact) mass is 537 g/mol. The van der Waals surface area contributed by atoms with Crippen LogP contribution in [0.5, 0.6) is 0 Å². The molecule has 9 heteroatoms. The average molecular weight is 538 g/mol. The quantitative estimate of drug-likeness (QED) is 0.346. The first kappa shape index (κ1) is 27.1. The number of nitrogen functional groups attached to an aromatic ring is 1. The van der Waals surface area contributed by atoms with Crippen molar-refractivity contribution in [1.82, 2.24) is 30.0 Å². The summed E-state index contributed by atoms with van der Waals surface area (Å²) in [6.45, 7) is 11.7. The molecule has 0 aliphatic carbocycles. The molecular weight excluding hydrogens is 502 g/mol. The van der Waals surface area contributed by atoms with Crippen LogP contribution in [0, 0.1) is 0 Å². The Morgan fingerprint density at radius 1 is 1.10 bits per heavy atom. The molecule has 1 aliphatic rings. The van der Waals surface area contributed by atoms with Crippen LogP contribution in [0.25, 0.3) is 22.3 Å². The van der Waals surface area contributed by atoms with Crippen molar-refractivity contribution in [2.45, 2.75) is 51.6 Å². The third-order valence-electron chi connectivity index (χ3n) is 7.44. The number of amides is 2. The molecule has 2 aromatic heterocycles. The van der Waals surface area contributed by atoms with Crippen LogP contribution in [0.3, 0.4) is 0 Å².